The van der Waals surface area contributed by atoms with E-state index in [9.17, 15) is 4.79 Å². The summed E-state index contributed by atoms with van der Waals surface area (Å²) >= 11 is 7.53. The molecular formula is C20H16ClN5OS. The largest absolute Gasteiger partial charge is 0.344 e. The summed E-state index contributed by atoms with van der Waals surface area (Å²) in [7, 11) is 0. The summed E-state index contributed by atoms with van der Waals surface area (Å²) in [6.07, 6.45) is 0. The SMILES string of the molecule is O=C(Cn1nnc(-c2cccs2)n1)N[C@@H](c1ccccc1)c1ccc(Cl)cc1. The van der Waals surface area contributed by atoms with Gasteiger partial charge < -0.3 is 5.32 Å². The van der Waals surface area contributed by atoms with Crippen LogP contribution in [0.2, 0.25) is 5.02 Å². The Kier molecular flexibility index (Phi) is 5.45. The van der Waals surface area contributed by atoms with Gasteiger partial charge in [0.05, 0.1) is 10.9 Å². The molecule has 1 N–H and O–H groups in total. The fraction of sp³-hybridized carbons (Fsp3) is 0.100. The summed E-state index contributed by atoms with van der Waals surface area (Å²) in [6, 6.07) is 20.7. The molecular weight excluding hydrogens is 394 g/mol. The molecule has 0 unspecified atom stereocenters. The van der Waals surface area contributed by atoms with Gasteiger partial charge in [-0.15, -0.1) is 21.5 Å². The molecule has 8 heteroatoms. The molecule has 2 aromatic carbocycles. The normalized spacial score (nSPS) is 11.9. The molecule has 0 spiro atoms. The van der Waals surface area contributed by atoms with Crippen molar-refractivity contribution >= 4 is 28.8 Å². The number of hydrogen-bond donors (Lipinski definition) is 1. The zero-order valence-electron chi connectivity index (χ0n) is 14.7. The Morgan fingerprint density at radius 3 is 2.50 bits per heavy atom. The Balaban J connectivity index is 1.52. The number of tetrazole rings is 1. The van der Waals surface area contributed by atoms with Crippen molar-refractivity contribution in [2.75, 3.05) is 0 Å². The molecule has 0 saturated carbocycles. The highest BCUT2D eigenvalue weighted by atomic mass is 35.5. The molecule has 0 aliphatic carbocycles. The number of benzene rings is 2. The van der Waals surface area contributed by atoms with Gasteiger partial charge in [-0.1, -0.05) is 60.1 Å². The van der Waals surface area contributed by atoms with Crippen molar-refractivity contribution in [3.63, 3.8) is 0 Å². The molecule has 1 amide bonds. The highest BCUT2D eigenvalue weighted by Gasteiger charge is 2.18. The predicted molar refractivity (Wildman–Crippen MR) is 109 cm³/mol. The molecule has 0 radical (unpaired) electrons. The maximum atomic E-state index is 12.7. The second kappa shape index (κ2) is 8.33. The lowest BCUT2D eigenvalue weighted by Gasteiger charge is -2.19. The van der Waals surface area contributed by atoms with E-state index in [1.165, 1.54) is 16.1 Å². The van der Waals surface area contributed by atoms with Crippen molar-refractivity contribution in [1.82, 2.24) is 25.5 Å². The van der Waals surface area contributed by atoms with Gasteiger partial charge in [0, 0.05) is 5.02 Å². The van der Waals surface area contributed by atoms with Crippen molar-refractivity contribution in [3.05, 3.63) is 88.3 Å². The minimum Gasteiger partial charge on any atom is -0.344 e. The number of rotatable bonds is 6. The van der Waals surface area contributed by atoms with Gasteiger partial charge in [-0.2, -0.15) is 4.80 Å². The first-order valence-electron chi connectivity index (χ1n) is 8.60. The van der Waals surface area contributed by atoms with E-state index in [-0.39, 0.29) is 18.5 Å². The fourth-order valence-electron chi connectivity index (χ4n) is 2.81. The lowest BCUT2D eigenvalue weighted by atomic mass is 9.99. The van der Waals surface area contributed by atoms with Crippen molar-refractivity contribution in [2.24, 2.45) is 0 Å². The molecule has 4 aromatic rings. The van der Waals surface area contributed by atoms with E-state index in [0.717, 1.165) is 16.0 Å². The van der Waals surface area contributed by atoms with E-state index in [1.54, 1.807) is 0 Å². The average molecular weight is 410 g/mol. The maximum absolute atomic E-state index is 12.7. The monoisotopic (exact) mass is 409 g/mol. The van der Waals surface area contributed by atoms with Crippen LogP contribution >= 0.6 is 22.9 Å². The van der Waals surface area contributed by atoms with Gasteiger partial charge in [0.2, 0.25) is 11.7 Å². The van der Waals surface area contributed by atoms with Crippen LogP contribution in [-0.4, -0.2) is 26.1 Å². The number of nitrogens with one attached hydrogen (secondary N) is 1. The third-order valence-electron chi connectivity index (χ3n) is 4.12. The Bertz CT molecular complexity index is 1050. The number of nitrogens with zero attached hydrogens (tertiary/aromatic N) is 4. The smallest absolute Gasteiger partial charge is 0.244 e. The van der Waals surface area contributed by atoms with E-state index in [4.69, 9.17) is 11.6 Å². The van der Waals surface area contributed by atoms with Gasteiger partial charge in [-0.25, -0.2) is 0 Å². The Morgan fingerprint density at radius 2 is 1.79 bits per heavy atom. The molecule has 0 saturated heterocycles. The zero-order chi connectivity index (χ0) is 19.3. The minimum atomic E-state index is -0.300. The second-order valence-corrected chi connectivity index (χ2v) is 7.47. The number of thiophene rings is 1. The van der Waals surface area contributed by atoms with Crippen molar-refractivity contribution in [2.45, 2.75) is 12.6 Å². The minimum absolute atomic E-state index is 0.0186. The number of carbonyl (C=O) groups is 1. The lowest BCUT2D eigenvalue weighted by Crippen LogP contribution is -2.32. The number of hydrogen-bond acceptors (Lipinski definition) is 5. The number of aromatic nitrogens is 4. The molecule has 0 fully saturated rings. The summed E-state index contributed by atoms with van der Waals surface area (Å²) < 4.78 is 0. The summed E-state index contributed by atoms with van der Waals surface area (Å²) in [6.45, 7) is -0.0186. The van der Waals surface area contributed by atoms with E-state index in [0.29, 0.717) is 10.8 Å². The van der Waals surface area contributed by atoms with Crippen LogP contribution in [0.15, 0.2) is 72.1 Å². The topological polar surface area (TPSA) is 72.7 Å². The highest BCUT2D eigenvalue weighted by Crippen LogP contribution is 2.24. The first-order chi connectivity index (χ1) is 13.7. The molecule has 28 heavy (non-hydrogen) atoms. The van der Waals surface area contributed by atoms with Gasteiger partial charge in [0.25, 0.3) is 0 Å². The van der Waals surface area contributed by atoms with Gasteiger partial charge in [0.1, 0.15) is 6.54 Å². The van der Waals surface area contributed by atoms with Crippen LogP contribution in [0.25, 0.3) is 10.7 Å². The average Bonchev–Trinajstić information content (AvgIpc) is 3.39. The summed E-state index contributed by atoms with van der Waals surface area (Å²) in [5.74, 6) is 0.305. The first-order valence-corrected chi connectivity index (χ1v) is 9.86. The maximum Gasteiger partial charge on any atom is 0.244 e. The van der Waals surface area contributed by atoms with Crippen LogP contribution in [-0.2, 0) is 11.3 Å². The van der Waals surface area contributed by atoms with Crippen LogP contribution in [0.1, 0.15) is 17.2 Å². The van der Waals surface area contributed by atoms with E-state index >= 15 is 0 Å². The van der Waals surface area contributed by atoms with Gasteiger partial charge in [-0.05, 0) is 39.9 Å². The zero-order valence-corrected chi connectivity index (χ0v) is 16.3. The van der Waals surface area contributed by atoms with Gasteiger partial charge in [-0.3, -0.25) is 4.79 Å². The Morgan fingerprint density at radius 1 is 1.04 bits per heavy atom. The predicted octanol–water partition coefficient (Wildman–Crippen LogP) is 3.96. The summed E-state index contributed by atoms with van der Waals surface area (Å²) in [5, 5.41) is 17.9. The number of carbonyl (C=O) groups excluding carboxylic acids is 1. The molecule has 6 nitrogen and oxygen atoms in total. The van der Waals surface area contributed by atoms with Crippen LogP contribution < -0.4 is 5.32 Å². The molecule has 0 bridgehead atoms. The molecule has 2 heterocycles. The third-order valence-corrected chi connectivity index (χ3v) is 5.24. The van der Waals surface area contributed by atoms with Crippen molar-refractivity contribution in [3.8, 4) is 10.7 Å². The van der Waals surface area contributed by atoms with Crippen molar-refractivity contribution < 1.29 is 4.79 Å². The highest BCUT2D eigenvalue weighted by molar-refractivity contribution is 7.13. The molecule has 0 aliphatic rings. The Labute approximate surface area is 170 Å². The van der Waals surface area contributed by atoms with Crippen LogP contribution in [0.3, 0.4) is 0 Å². The van der Waals surface area contributed by atoms with E-state index < -0.39 is 0 Å². The summed E-state index contributed by atoms with van der Waals surface area (Å²) in [5.41, 5.74) is 1.92. The van der Waals surface area contributed by atoms with Gasteiger partial charge in [0.15, 0.2) is 0 Å². The van der Waals surface area contributed by atoms with E-state index in [2.05, 4.69) is 20.7 Å². The molecule has 1 atom stereocenters. The van der Waals surface area contributed by atoms with E-state index in [1.807, 2.05) is 72.1 Å². The van der Waals surface area contributed by atoms with Crippen LogP contribution in [0, 0.1) is 0 Å². The van der Waals surface area contributed by atoms with Crippen molar-refractivity contribution in [1.29, 1.82) is 0 Å². The van der Waals surface area contributed by atoms with Gasteiger partial charge >= 0.3 is 0 Å². The number of amides is 1. The Hall–Kier alpha value is -3.03. The first kappa shape index (κ1) is 18.3. The third kappa shape index (κ3) is 4.27. The van der Waals surface area contributed by atoms with Crippen LogP contribution in [0.5, 0.6) is 0 Å². The molecule has 2 aromatic heterocycles. The quantitative estimate of drug-likeness (QED) is 0.523. The fourth-order valence-corrected chi connectivity index (χ4v) is 3.58. The standard InChI is InChI=1S/C20H16ClN5OS/c21-16-10-8-15(9-11-16)19(14-5-2-1-3-6-14)22-18(27)13-26-24-20(23-25-26)17-7-4-12-28-17/h1-12,19H,13H2,(H,22,27)/t19-/m0/s1. The molecule has 140 valence electrons. The number of halogens is 1. The molecule has 4 rings (SSSR count). The molecule has 0 aliphatic heterocycles. The summed E-state index contributed by atoms with van der Waals surface area (Å²) in [4.78, 5) is 14.9. The second-order valence-electron chi connectivity index (χ2n) is 6.08. The lowest BCUT2D eigenvalue weighted by molar-refractivity contribution is -0.122. The van der Waals surface area contributed by atoms with Crippen LogP contribution in [0.4, 0.5) is 0 Å².